The van der Waals surface area contributed by atoms with Crippen LogP contribution in [0.3, 0.4) is 0 Å². The minimum Gasteiger partial charge on any atom is -0.396 e. The third-order valence-corrected chi connectivity index (χ3v) is 6.03. The van der Waals surface area contributed by atoms with Crippen LogP contribution in [0.25, 0.3) is 0 Å². The van der Waals surface area contributed by atoms with Crippen LogP contribution in [0.5, 0.6) is 0 Å². The van der Waals surface area contributed by atoms with Crippen molar-refractivity contribution in [2.75, 3.05) is 31.1 Å². The molecular weight excluding hydrogens is 328 g/mol. The van der Waals surface area contributed by atoms with Crippen LogP contribution in [0.1, 0.15) is 31.7 Å². The highest BCUT2D eigenvalue weighted by Crippen LogP contribution is 2.42. The van der Waals surface area contributed by atoms with E-state index in [0.717, 1.165) is 57.8 Å². The molecule has 0 aromatic carbocycles. The summed E-state index contributed by atoms with van der Waals surface area (Å²) in [6.45, 7) is 7.03. The van der Waals surface area contributed by atoms with Crippen molar-refractivity contribution in [1.29, 1.82) is 0 Å². The lowest BCUT2D eigenvalue weighted by atomic mass is 9.69. The second-order valence-corrected chi connectivity index (χ2v) is 7.59. The lowest BCUT2D eigenvalue weighted by molar-refractivity contribution is -0.0401. The van der Waals surface area contributed by atoms with E-state index in [-0.39, 0.29) is 12.0 Å². The summed E-state index contributed by atoms with van der Waals surface area (Å²) in [5.74, 6) is 0.917. The number of piperidine rings is 2. The predicted octanol–water partition coefficient (Wildman–Crippen LogP) is 1.55. The molecule has 0 spiro atoms. The van der Waals surface area contributed by atoms with E-state index in [2.05, 4.69) is 38.0 Å². The van der Waals surface area contributed by atoms with E-state index in [1.54, 1.807) is 12.4 Å². The van der Waals surface area contributed by atoms with Gasteiger partial charge in [-0.25, -0.2) is 4.98 Å². The second-order valence-electron chi connectivity index (χ2n) is 7.59. The molecule has 0 bridgehead atoms. The number of aliphatic hydroxyl groups is 1. The maximum absolute atomic E-state index is 10.4. The Bertz CT molecular complexity index is 720. The molecule has 26 heavy (non-hydrogen) atoms. The lowest BCUT2D eigenvalue weighted by Crippen LogP contribution is -2.62. The minimum absolute atomic E-state index is 0.0885. The van der Waals surface area contributed by atoms with Crippen molar-refractivity contribution in [3.63, 3.8) is 0 Å². The van der Waals surface area contributed by atoms with Gasteiger partial charge in [-0.2, -0.15) is 5.10 Å². The molecule has 2 atom stereocenters. The molecule has 0 unspecified atom stereocenters. The van der Waals surface area contributed by atoms with Gasteiger partial charge in [-0.15, -0.1) is 0 Å². The molecular formula is C19H28N6O. The van der Waals surface area contributed by atoms with Crippen LogP contribution in [0.2, 0.25) is 0 Å². The monoisotopic (exact) mass is 356 g/mol. The number of aryl methyl sites for hydroxylation is 1. The van der Waals surface area contributed by atoms with Gasteiger partial charge in [-0.3, -0.25) is 14.6 Å². The lowest BCUT2D eigenvalue weighted by Gasteiger charge is -2.54. The number of likely N-dealkylation sites (tertiary alicyclic amines) is 1. The topological polar surface area (TPSA) is 70.3 Å². The largest absolute Gasteiger partial charge is 0.396 e. The SMILES string of the molecule is CCn1cc(CN2CCC[C@]3(CO)CN(c4cnccn4)CC[C@@H]23)cn1. The van der Waals surface area contributed by atoms with Gasteiger partial charge in [0.05, 0.1) is 19.0 Å². The van der Waals surface area contributed by atoms with Crippen molar-refractivity contribution in [1.82, 2.24) is 24.6 Å². The van der Waals surface area contributed by atoms with Crippen LogP contribution in [0.15, 0.2) is 31.0 Å². The van der Waals surface area contributed by atoms with Crippen LogP contribution >= 0.6 is 0 Å². The number of nitrogens with zero attached hydrogens (tertiary/aromatic N) is 6. The second kappa shape index (κ2) is 7.32. The first-order valence-electron chi connectivity index (χ1n) is 9.61. The number of fused-ring (bicyclic) bond motifs is 1. The van der Waals surface area contributed by atoms with Crippen LogP contribution < -0.4 is 4.90 Å². The zero-order valence-corrected chi connectivity index (χ0v) is 15.5. The fraction of sp³-hybridized carbons (Fsp3) is 0.632. The van der Waals surface area contributed by atoms with Crippen molar-refractivity contribution in [2.45, 2.75) is 45.3 Å². The molecule has 1 N–H and O–H groups in total. The van der Waals surface area contributed by atoms with Gasteiger partial charge in [0.25, 0.3) is 0 Å². The van der Waals surface area contributed by atoms with E-state index in [1.807, 2.05) is 17.1 Å². The fourth-order valence-corrected chi connectivity index (χ4v) is 4.72. The molecule has 4 rings (SSSR count). The highest BCUT2D eigenvalue weighted by atomic mass is 16.3. The van der Waals surface area contributed by atoms with Crippen molar-refractivity contribution in [3.05, 3.63) is 36.5 Å². The molecule has 2 aliphatic rings. The van der Waals surface area contributed by atoms with Gasteiger partial charge in [0.1, 0.15) is 5.82 Å². The molecule has 0 amide bonds. The summed E-state index contributed by atoms with van der Waals surface area (Å²) in [7, 11) is 0. The third-order valence-electron chi connectivity index (χ3n) is 6.03. The average molecular weight is 356 g/mol. The summed E-state index contributed by atoms with van der Waals surface area (Å²) in [5.41, 5.74) is 1.17. The Morgan fingerprint density at radius 3 is 2.92 bits per heavy atom. The Balaban J connectivity index is 1.52. The van der Waals surface area contributed by atoms with Gasteiger partial charge in [0, 0.05) is 61.8 Å². The summed E-state index contributed by atoms with van der Waals surface area (Å²) >= 11 is 0. The maximum Gasteiger partial charge on any atom is 0.147 e. The van der Waals surface area contributed by atoms with Gasteiger partial charge >= 0.3 is 0 Å². The van der Waals surface area contributed by atoms with Gasteiger partial charge in [0.2, 0.25) is 0 Å². The first-order chi connectivity index (χ1) is 12.7. The maximum atomic E-state index is 10.4. The molecule has 2 saturated heterocycles. The zero-order chi connectivity index (χ0) is 18.0. The summed E-state index contributed by atoms with van der Waals surface area (Å²) in [6.07, 6.45) is 12.6. The van der Waals surface area contributed by atoms with Gasteiger partial charge in [-0.1, -0.05) is 0 Å². The van der Waals surface area contributed by atoms with E-state index in [4.69, 9.17) is 0 Å². The van der Waals surface area contributed by atoms with E-state index in [1.165, 1.54) is 5.56 Å². The summed E-state index contributed by atoms with van der Waals surface area (Å²) in [4.78, 5) is 13.5. The molecule has 0 saturated carbocycles. The average Bonchev–Trinajstić information content (AvgIpc) is 3.16. The molecule has 2 fully saturated rings. The summed E-state index contributed by atoms with van der Waals surface area (Å²) < 4.78 is 1.98. The van der Waals surface area contributed by atoms with Gasteiger partial charge in [-0.05, 0) is 32.7 Å². The Kier molecular flexibility index (Phi) is 4.91. The zero-order valence-electron chi connectivity index (χ0n) is 15.5. The molecule has 2 aromatic rings. The molecule has 7 heteroatoms. The highest BCUT2D eigenvalue weighted by molar-refractivity contribution is 5.37. The predicted molar refractivity (Wildman–Crippen MR) is 99.7 cm³/mol. The van der Waals surface area contributed by atoms with E-state index in [0.29, 0.717) is 6.04 Å². The van der Waals surface area contributed by atoms with Crippen LogP contribution in [-0.4, -0.2) is 62.0 Å². The molecule has 4 heterocycles. The molecule has 2 aliphatic heterocycles. The van der Waals surface area contributed by atoms with E-state index >= 15 is 0 Å². The molecule has 2 aromatic heterocycles. The van der Waals surface area contributed by atoms with Crippen molar-refractivity contribution in [2.24, 2.45) is 5.41 Å². The number of aliphatic hydroxyl groups excluding tert-OH is 1. The van der Waals surface area contributed by atoms with Crippen LogP contribution in [-0.2, 0) is 13.1 Å². The van der Waals surface area contributed by atoms with Gasteiger partial charge in [0.15, 0.2) is 0 Å². The first kappa shape index (κ1) is 17.4. The third kappa shape index (κ3) is 3.21. The molecule has 7 nitrogen and oxygen atoms in total. The number of aromatic nitrogens is 4. The number of anilines is 1. The Hall–Kier alpha value is -1.99. The quantitative estimate of drug-likeness (QED) is 0.876. The van der Waals surface area contributed by atoms with Crippen molar-refractivity contribution < 1.29 is 5.11 Å². The summed E-state index contributed by atoms with van der Waals surface area (Å²) in [6, 6.07) is 0.402. The highest BCUT2D eigenvalue weighted by Gasteiger charge is 2.48. The van der Waals surface area contributed by atoms with Gasteiger partial charge < -0.3 is 10.0 Å². The number of rotatable bonds is 5. The first-order valence-corrected chi connectivity index (χ1v) is 9.61. The molecule has 0 radical (unpaired) electrons. The number of hydrogen-bond acceptors (Lipinski definition) is 6. The van der Waals surface area contributed by atoms with Crippen LogP contribution in [0, 0.1) is 5.41 Å². The Labute approximate surface area is 154 Å². The molecule has 0 aliphatic carbocycles. The molecule has 140 valence electrons. The number of hydrogen-bond donors (Lipinski definition) is 1. The van der Waals surface area contributed by atoms with E-state index in [9.17, 15) is 5.11 Å². The Morgan fingerprint density at radius 1 is 1.27 bits per heavy atom. The smallest absolute Gasteiger partial charge is 0.147 e. The summed E-state index contributed by atoms with van der Waals surface area (Å²) in [5, 5.41) is 14.8. The minimum atomic E-state index is -0.0885. The standard InChI is InChI=1S/C19H28N6O/c1-2-25-13-16(10-22-25)12-23-8-3-5-19(15-26)14-24(9-4-17(19)23)18-11-20-6-7-21-18/h6-7,10-11,13,17,26H,2-5,8-9,12,14-15H2,1H3/t17-,19-/m1/s1. The fourth-order valence-electron chi connectivity index (χ4n) is 4.72. The van der Waals surface area contributed by atoms with Crippen LogP contribution in [0.4, 0.5) is 5.82 Å². The normalized spacial score (nSPS) is 26.7. The van der Waals surface area contributed by atoms with Crippen molar-refractivity contribution in [3.8, 4) is 0 Å². The van der Waals surface area contributed by atoms with Crippen molar-refractivity contribution >= 4 is 5.82 Å². The van der Waals surface area contributed by atoms with E-state index < -0.39 is 0 Å². The Morgan fingerprint density at radius 2 is 2.19 bits per heavy atom.